The summed E-state index contributed by atoms with van der Waals surface area (Å²) in [6, 6.07) is 13.0. The molecule has 0 aliphatic carbocycles. The van der Waals surface area contributed by atoms with Gasteiger partial charge in [0.1, 0.15) is 10.5 Å². The molecule has 5 rings (SSSR count). The number of benzene rings is 1. The number of pyridine rings is 1. The van der Waals surface area contributed by atoms with Gasteiger partial charge < -0.3 is 9.88 Å². The molecule has 2 aromatic carbocycles. The molecule has 0 atom stereocenters. The van der Waals surface area contributed by atoms with Crippen LogP contribution in [0.3, 0.4) is 0 Å². The maximum Gasteiger partial charge on any atom is 0.115 e. The molecule has 1 aliphatic heterocycles. The van der Waals surface area contributed by atoms with Crippen molar-refractivity contribution in [2.24, 2.45) is 0 Å². The van der Waals surface area contributed by atoms with Gasteiger partial charge in [-0.15, -0.1) is 0 Å². The molecule has 1 saturated heterocycles. The average molecular weight is 418 g/mol. The second-order valence-corrected chi connectivity index (χ2v) is 8.58. The van der Waals surface area contributed by atoms with Crippen molar-refractivity contribution in [2.45, 2.75) is 38.1 Å². The first-order valence-electron chi connectivity index (χ1n) is 10.8. The molecular formula is C25H26ClN4+. The van der Waals surface area contributed by atoms with E-state index in [0.29, 0.717) is 5.92 Å². The van der Waals surface area contributed by atoms with Crippen molar-refractivity contribution in [3.05, 3.63) is 77.5 Å². The summed E-state index contributed by atoms with van der Waals surface area (Å²) in [7, 11) is 0. The smallest absolute Gasteiger partial charge is 0.115 e. The minimum atomic E-state index is 0.513. The molecular weight excluding hydrogens is 392 g/mol. The van der Waals surface area contributed by atoms with Crippen molar-refractivity contribution in [3.8, 4) is 0 Å². The molecule has 1 aliphatic rings. The van der Waals surface area contributed by atoms with Gasteiger partial charge in [-0.25, -0.2) is 9.97 Å². The lowest BCUT2D eigenvalue weighted by molar-refractivity contribution is 0.464. The van der Waals surface area contributed by atoms with E-state index in [1.54, 1.807) is 0 Å². The number of imidazole rings is 1. The molecule has 1 N–H and O–H groups in total. The first-order chi connectivity index (χ1) is 14.8. The second kappa shape index (κ2) is 8.66. The normalized spacial score (nSPS) is 15.1. The SMILES string of the molecule is Clc1ccc2c(C3CCNCC3)c3ncccc3c(CCCn3ccnc3)c[c+]2c1. The molecule has 1 fully saturated rings. The van der Waals surface area contributed by atoms with Crippen LogP contribution in [0.1, 0.15) is 36.3 Å². The summed E-state index contributed by atoms with van der Waals surface area (Å²) in [5.74, 6) is 0.513. The maximum absolute atomic E-state index is 6.42. The van der Waals surface area contributed by atoms with Gasteiger partial charge >= 0.3 is 0 Å². The number of hydrogen-bond donors (Lipinski definition) is 1. The molecule has 0 unspecified atom stereocenters. The van der Waals surface area contributed by atoms with E-state index in [-0.39, 0.29) is 0 Å². The maximum atomic E-state index is 6.42. The monoisotopic (exact) mass is 417 g/mol. The van der Waals surface area contributed by atoms with E-state index in [0.717, 1.165) is 55.9 Å². The fourth-order valence-electron chi connectivity index (χ4n) is 4.77. The lowest BCUT2D eigenvalue weighted by Crippen LogP contribution is -2.26. The van der Waals surface area contributed by atoms with Crippen molar-refractivity contribution >= 4 is 33.3 Å². The molecule has 3 heterocycles. The van der Waals surface area contributed by atoms with Crippen molar-refractivity contribution < 1.29 is 0 Å². The molecule has 4 nitrogen and oxygen atoms in total. The highest BCUT2D eigenvalue weighted by atomic mass is 35.5. The number of fused-ring (bicyclic) bond motifs is 2. The molecule has 30 heavy (non-hydrogen) atoms. The van der Waals surface area contributed by atoms with Gasteiger partial charge in [0.25, 0.3) is 0 Å². The minimum absolute atomic E-state index is 0.513. The van der Waals surface area contributed by atoms with Crippen LogP contribution in [0.15, 0.2) is 61.3 Å². The standard InChI is InChI=1S/C25H26ClN4/c26-21-5-6-22-20(16-21)15-19(3-2-13-30-14-12-28-17-30)23-4-1-9-29-25(23)24(22)18-7-10-27-11-8-18/h1,4-6,9,12,14-18,27H,2-3,7-8,10-11,13H2/q+1. The Morgan fingerprint density at radius 3 is 2.87 bits per heavy atom. The molecule has 152 valence electrons. The molecule has 0 bridgehead atoms. The Labute approximate surface area is 181 Å². The van der Waals surface area contributed by atoms with Crippen LogP contribution in [0.2, 0.25) is 5.02 Å². The zero-order valence-corrected chi connectivity index (χ0v) is 17.8. The van der Waals surface area contributed by atoms with Crippen LogP contribution in [0.5, 0.6) is 0 Å². The number of piperidine rings is 1. The molecule has 0 radical (unpaired) electrons. The number of nitrogens with zero attached hydrogens (tertiary/aromatic N) is 3. The van der Waals surface area contributed by atoms with Crippen LogP contribution in [-0.2, 0) is 13.0 Å². The topological polar surface area (TPSA) is 42.7 Å². The van der Waals surface area contributed by atoms with E-state index in [1.807, 2.05) is 31.0 Å². The lowest BCUT2D eigenvalue weighted by Gasteiger charge is -2.22. The predicted molar refractivity (Wildman–Crippen MR) is 124 cm³/mol. The van der Waals surface area contributed by atoms with Crippen molar-refractivity contribution in [2.75, 3.05) is 13.1 Å². The summed E-state index contributed by atoms with van der Waals surface area (Å²) in [4.78, 5) is 9.07. The zero-order chi connectivity index (χ0) is 20.3. The van der Waals surface area contributed by atoms with Gasteiger partial charge in [0.15, 0.2) is 0 Å². The van der Waals surface area contributed by atoms with E-state index in [1.165, 1.54) is 27.3 Å². The highest BCUT2D eigenvalue weighted by Crippen LogP contribution is 2.37. The van der Waals surface area contributed by atoms with Gasteiger partial charge in [0, 0.05) is 72.7 Å². The largest absolute Gasteiger partial charge is 0.337 e. The van der Waals surface area contributed by atoms with Crippen LogP contribution in [0.4, 0.5) is 0 Å². The summed E-state index contributed by atoms with van der Waals surface area (Å²) in [5, 5.41) is 8.05. The van der Waals surface area contributed by atoms with Gasteiger partial charge in [-0.3, -0.25) is 0 Å². The van der Waals surface area contributed by atoms with E-state index < -0.39 is 0 Å². The van der Waals surface area contributed by atoms with Crippen molar-refractivity contribution in [1.29, 1.82) is 0 Å². The Hall–Kier alpha value is -2.56. The third kappa shape index (κ3) is 3.90. The van der Waals surface area contributed by atoms with Crippen LogP contribution in [-0.4, -0.2) is 27.6 Å². The van der Waals surface area contributed by atoms with Crippen LogP contribution >= 0.6 is 11.6 Å². The molecule has 0 saturated carbocycles. The molecule has 0 spiro atoms. The predicted octanol–water partition coefficient (Wildman–Crippen LogP) is 5.62. The Kier molecular flexibility index (Phi) is 5.60. The minimum Gasteiger partial charge on any atom is -0.337 e. The van der Waals surface area contributed by atoms with Gasteiger partial charge in [0.2, 0.25) is 0 Å². The summed E-state index contributed by atoms with van der Waals surface area (Å²) < 4.78 is 2.14. The number of aromatic nitrogens is 3. The van der Waals surface area contributed by atoms with Gasteiger partial charge in [-0.1, -0.05) is 0 Å². The Morgan fingerprint density at radius 2 is 2.03 bits per heavy atom. The quantitative estimate of drug-likeness (QED) is 0.428. The summed E-state index contributed by atoms with van der Waals surface area (Å²) >= 11 is 6.42. The van der Waals surface area contributed by atoms with Crippen LogP contribution in [0.25, 0.3) is 21.7 Å². The van der Waals surface area contributed by atoms with Crippen molar-refractivity contribution in [3.63, 3.8) is 0 Å². The van der Waals surface area contributed by atoms with Gasteiger partial charge in [-0.2, -0.15) is 0 Å². The van der Waals surface area contributed by atoms with Crippen LogP contribution in [0, 0.1) is 0 Å². The van der Waals surface area contributed by atoms with Crippen molar-refractivity contribution in [1.82, 2.24) is 19.9 Å². The first-order valence-corrected chi connectivity index (χ1v) is 11.2. The van der Waals surface area contributed by atoms with E-state index in [4.69, 9.17) is 16.6 Å². The third-order valence-electron chi connectivity index (χ3n) is 6.21. The second-order valence-electron chi connectivity index (χ2n) is 8.14. The van der Waals surface area contributed by atoms with Gasteiger partial charge in [0.05, 0.1) is 22.7 Å². The zero-order valence-electron chi connectivity index (χ0n) is 17.0. The summed E-state index contributed by atoms with van der Waals surface area (Å²) in [6.45, 7) is 3.08. The van der Waals surface area contributed by atoms with Crippen LogP contribution < -0.4 is 5.32 Å². The molecule has 5 heteroatoms. The third-order valence-corrected chi connectivity index (χ3v) is 6.45. The highest BCUT2D eigenvalue weighted by Gasteiger charge is 2.25. The molecule has 0 amide bonds. The summed E-state index contributed by atoms with van der Waals surface area (Å²) in [5.41, 5.74) is 3.88. The first kappa shape index (κ1) is 19.4. The van der Waals surface area contributed by atoms with Gasteiger partial charge in [-0.05, 0) is 56.1 Å². The fraction of sp³-hybridized carbons (Fsp3) is 0.320. The summed E-state index contributed by atoms with van der Waals surface area (Å²) in [6.07, 6.45) is 12.0. The molecule has 2 aromatic heterocycles. The lowest BCUT2D eigenvalue weighted by atomic mass is 9.87. The van der Waals surface area contributed by atoms with E-state index in [2.05, 4.69) is 45.2 Å². The number of nitrogens with one attached hydrogen (secondary N) is 1. The van der Waals surface area contributed by atoms with E-state index in [9.17, 15) is 0 Å². The molecule has 4 aromatic rings. The van der Waals surface area contributed by atoms with E-state index >= 15 is 0 Å². The number of rotatable bonds is 5. The number of halogens is 1. The average Bonchev–Trinajstić information content (AvgIpc) is 3.25. The number of aryl methyl sites for hydroxylation is 2. The number of hydrogen-bond acceptors (Lipinski definition) is 3. The Bertz CT molecular complexity index is 1170. The Morgan fingerprint density at radius 1 is 1.13 bits per heavy atom. The Balaban J connectivity index is 1.67. The fourth-order valence-corrected chi connectivity index (χ4v) is 4.95. The highest BCUT2D eigenvalue weighted by molar-refractivity contribution is 6.31.